The second-order valence-electron chi connectivity index (χ2n) is 6.16. The molecule has 3 rings (SSSR count). The van der Waals surface area contributed by atoms with Crippen molar-refractivity contribution in [3.05, 3.63) is 70.1 Å². The number of carbonyl (C=O) groups is 1. The Balaban J connectivity index is 1.76. The van der Waals surface area contributed by atoms with Crippen LogP contribution in [0.3, 0.4) is 0 Å². The van der Waals surface area contributed by atoms with Crippen LogP contribution in [0, 0.1) is 0 Å². The second kappa shape index (κ2) is 8.29. The summed E-state index contributed by atoms with van der Waals surface area (Å²) in [4.78, 5) is 23.8. The van der Waals surface area contributed by atoms with Gasteiger partial charge in [-0.1, -0.05) is 43.7 Å². The first-order valence-electron chi connectivity index (χ1n) is 8.77. The quantitative estimate of drug-likeness (QED) is 0.595. The Labute approximate surface area is 151 Å². The lowest BCUT2D eigenvalue weighted by Crippen LogP contribution is -2.29. The number of carbonyl (C=O) groups excluding carboxylic acids is 1. The molecule has 0 aliphatic carbocycles. The molecule has 0 aliphatic rings. The van der Waals surface area contributed by atoms with E-state index in [1.165, 1.54) is 0 Å². The number of aromatic amines is 1. The molecule has 0 fully saturated rings. The maximum absolute atomic E-state index is 11.9. The molecule has 0 atom stereocenters. The number of urea groups is 1. The highest BCUT2D eigenvalue weighted by atomic mass is 16.2. The summed E-state index contributed by atoms with van der Waals surface area (Å²) in [7, 11) is 0. The fraction of sp³-hybridized carbons (Fsp3) is 0.250. The largest absolute Gasteiger partial charge is 0.338 e. The Morgan fingerprint density at radius 1 is 1.12 bits per heavy atom. The van der Waals surface area contributed by atoms with Crippen molar-refractivity contribution in [2.24, 2.45) is 0 Å². The van der Waals surface area contributed by atoms with Crippen LogP contribution >= 0.6 is 0 Å². The zero-order valence-corrected chi connectivity index (χ0v) is 14.7. The van der Waals surface area contributed by atoms with Gasteiger partial charge >= 0.3 is 6.03 Å². The molecule has 0 radical (unpaired) electrons. The molecule has 0 aliphatic heterocycles. The van der Waals surface area contributed by atoms with Gasteiger partial charge in [0.1, 0.15) is 0 Å². The Morgan fingerprint density at radius 2 is 1.92 bits per heavy atom. The summed E-state index contributed by atoms with van der Waals surface area (Å²) in [5, 5.41) is 13.9. The molecule has 134 valence electrons. The highest BCUT2D eigenvalue weighted by Gasteiger charge is 2.08. The third-order valence-electron chi connectivity index (χ3n) is 4.15. The van der Waals surface area contributed by atoms with Crippen molar-refractivity contribution >= 4 is 22.5 Å². The number of aromatic nitrogens is 2. The Kier molecular flexibility index (Phi) is 5.63. The van der Waals surface area contributed by atoms with Crippen LogP contribution in [-0.2, 0) is 6.42 Å². The van der Waals surface area contributed by atoms with Gasteiger partial charge in [-0.25, -0.2) is 9.89 Å². The van der Waals surface area contributed by atoms with E-state index in [1.807, 2.05) is 42.5 Å². The highest BCUT2D eigenvalue weighted by molar-refractivity contribution is 5.89. The third-order valence-corrected chi connectivity index (χ3v) is 4.15. The molecule has 3 aromatic rings. The van der Waals surface area contributed by atoms with E-state index in [0.29, 0.717) is 18.4 Å². The Morgan fingerprint density at radius 3 is 2.73 bits per heavy atom. The number of nitrogens with one attached hydrogen (secondary N) is 3. The predicted octanol–water partition coefficient (Wildman–Crippen LogP) is 3.44. The van der Waals surface area contributed by atoms with E-state index in [4.69, 9.17) is 0 Å². The fourth-order valence-electron chi connectivity index (χ4n) is 2.81. The monoisotopic (exact) mass is 350 g/mol. The molecule has 6 nitrogen and oxygen atoms in total. The van der Waals surface area contributed by atoms with Crippen LogP contribution in [0.5, 0.6) is 0 Å². The SMILES string of the molecule is CCCCNC(=O)Nc1cccc(Cc2n[nH]c(=O)c3ccccc23)c1. The van der Waals surface area contributed by atoms with E-state index < -0.39 is 0 Å². The lowest BCUT2D eigenvalue weighted by Gasteiger charge is -2.09. The first-order valence-corrected chi connectivity index (χ1v) is 8.77. The van der Waals surface area contributed by atoms with Crippen LogP contribution in [0.15, 0.2) is 53.3 Å². The summed E-state index contributed by atoms with van der Waals surface area (Å²) in [6, 6.07) is 14.8. The van der Waals surface area contributed by atoms with Crippen molar-refractivity contribution in [2.45, 2.75) is 26.2 Å². The van der Waals surface area contributed by atoms with Crippen molar-refractivity contribution < 1.29 is 4.79 Å². The zero-order valence-electron chi connectivity index (χ0n) is 14.7. The van der Waals surface area contributed by atoms with E-state index in [-0.39, 0.29) is 11.6 Å². The molecule has 0 spiro atoms. The number of fused-ring (bicyclic) bond motifs is 1. The minimum atomic E-state index is -0.205. The third kappa shape index (κ3) is 4.27. The van der Waals surface area contributed by atoms with Crippen LogP contribution < -0.4 is 16.2 Å². The number of amides is 2. The molecule has 6 heteroatoms. The molecule has 2 amide bonds. The van der Waals surface area contributed by atoms with Gasteiger partial charge in [-0.15, -0.1) is 0 Å². The van der Waals surface area contributed by atoms with Crippen LogP contribution in [-0.4, -0.2) is 22.8 Å². The number of hydrogen-bond acceptors (Lipinski definition) is 3. The van der Waals surface area contributed by atoms with E-state index in [2.05, 4.69) is 27.8 Å². The normalized spacial score (nSPS) is 10.7. The number of anilines is 1. The summed E-state index contributed by atoms with van der Waals surface area (Å²) in [6.45, 7) is 2.74. The summed E-state index contributed by atoms with van der Waals surface area (Å²) in [5.41, 5.74) is 2.33. The molecule has 0 bridgehead atoms. The van der Waals surface area contributed by atoms with E-state index >= 15 is 0 Å². The molecular formula is C20H22N4O2. The van der Waals surface area contributed by atoms with Gasteiger partial charge in [0.15, 0.2) is 0 Å². The number of H-pyrrole nitrogens is 1. The van der Waals surface area contributed by atoms with Crippen LogP contribution in [0.2, 0.25) is 0 Å². The molecule has 0 saturated heterocycles. The molecular weight excluding hydrogens is 328 g/mol. The standard InChI is InChI=1S/C20H22N4O2/c1-2-3-11-21-20(26)22-15-8-6-7-14(12-15)13-18-16-9-4-5-10-17(16)19(25)24-23-18/h4-10,12H,2-3,11,13H2,1H3,(H,24,25)(H2,21,22,26). The zero-order chi connectivity index (χ0) is 18.4. The van der Waals surface area contributed by atoms with Crippen LogP contribution in [0.1, 0.15) is 31.0 Å². The summed E-state index contributed by atoms with van der Waals surface area (Å²) in [5.74, 6) is 0. The predicted molar refractivity (Wildman–Crippen MR) is 104 cm³/mol. The maximum Gasteiger partial charge on any atom is 0.319 e. The molecule has 1 aromatic heterocycles. The van der Waals surface area contributed by atoms with Crippen molar-refractivity contribution in [3.63, 3.8) is 0 Å². The topological polar surface area (TPSA) is 86.9 Å². The highest BCUT2D eigenvalue weighted by Crippen LogP contribution is 2.18. The number of nitrogens with zero attached hydrogens (tertiary/aromatic N) is 1. The summed E-state index contributed by atoms with van der Waals surface area (Å²) >= 11 is 0. The first kappa shape index (κ1) is 17.7. The van der Waals surface area contributed by atoms with Gasteiger partial charge in [0.25, 0.3) is 5.56 Å². The van der Waals surface area contributed by atoms with Gasteiger partial charge in [0.05, 0.1) is 11.1 Å². The molecule has 26 heavy (non-hydrogen) atoms. The van der Waals surface area contributed by atoms with Gasteiger partial charge in [-0.2, -0.15) is 5.10 Å². The van der Waals surface area contributed by atoms with Crippen molar-refractivity contribution in [2.75, 3.05) is 11.9 Å². The molecule has 2 aromatic carbocycles. The fourth-order valence-corrected chi connectivity index (χ4v) is 2.81. The Hall–Kier alpha value is -3.15. The maximum atomic E-state index is 11.9. The first-order chi connectivity index (χ1) is 12.7. The van der Waals surface area contributed by atoms with E-state index in [9.17, 15) is 9.59 Å². The molecule has 0 saturated carbocycles. The summed E-state index contributed by atoms with van der Waals surface area (Å²) in [6.07, 6.45) is 2.55. The van der Waals surface area contributed by atoms with Crippen LogP contribution in [0.25, 0.3) is 10.8 Å². The van der Waals surface area contributed by atoms with Gasteiger partial charge in [-0.3, -0.25) is 4.79 Å². The number of unbranched alkanes of at least 4 members (excludes halogenated alkanes) is 1. The molecule has 0 unspecified atom stereocenters. The van der Waals surface area contributed by atoms with Gasteiger partial charge in [0.2, 0.25) is 0 Å². The van der Waals surface area contributed by atoms with Crippen LogP contribution in [0.4, 0.5) is 10.5 Å². The van der Waals surface area contributed by atoms with Crippen molar-refractivity contribution in [3.8, 4) is 0 Å². The van der Waals surface area contributed by atoms with Crippen molar-refractivity contribution in [1.82, 2.24) is 15.5 Å². The minimum absolute atomic E-state index is 0.191. The second-order valence-corrected chi connectivity index (χ2v) is 6.16. The summed E-state index contributed by atoms with van der Waals surface area (Å²) < 4.78 is 0. The van der Waals surface area contributed by atoms with E-state index in [1.54, 1.807) is 6.07 Å². The van der Waals surface area contributed by atoms with Crippen molar-refractivity contribution in [1.29, 1.82) is 0 Å². The average Bonchev–Trinajstić information content (AvgIpc) is 2.65. The van der Waals surface area contributed by atoms with E-state index in [0.717, 1.165) is 35.2 Å². The van der Waals surface area contributed by atoms with Gasteiger partial charge < -0.3 is 10.6 Å². The lowest BCUT2D eigenvalue weighted by atomic mass is 10.0. The number of hydrogen-bond donors (Lipinski definition) is 3. The Bertz CT molecular complexity index is 965. The van der Waals surface area contributed by atoms with Gasteiger partial charge in [0, 0.05) is 24.0 Å². The number of benzene rings is 2. The average molecular weight is 350 g/mol. The smallest absolute Gasteiger partial charge is 0.319 e. The molecule has 1 heterocycles. The van der Waals surface area contributed by atoms with Gasteiger partial charge in [-0.05, 0) is 30.2 Å². The molecule has 3 N–H and O–H groups in total. The minimum Gasteiger partial charge on any atom is -0.338 e. The lowest BCUT2D eigenvalue weighted by molar-refractivity contribution is 0.252. The number of rotatable bonds is 6.